The zero-order chi connectivity index (χ0) is 23.6. The van der Waals surface area contributed by atoms with E-state index in [1.165, 1.54) is 11.6 Å². The summed E-state index contributed by atoms with van der Waals surface area (Å²) in [5.74, 6) is -0.248. The van der Waals surface area contributed by atoms with E-state index in [4.69, 9.17) is 0 Å². The van der Waals surface area contributed by atoms with Gasteiger partial charge in [0.05, 0.1) is 0 Å². The van der Waals surface area contributed by atoms with Crippen molar-refractivity contribution in [2.24, 2.45) is 0 Å². The first-order chi connectivity index (χ1) is 15.0. The Morgan fingerprint density at radius 3 is 2.44 bits per heavy atom. The highest BCUT2D eigenvalue weighted by Crippen LogP contribution is 2.25. The van der Waals surface area contributed by atoms with Crippen LogP contribution in [0.4, 0.5) is 5.13 Å². The number of amides is 1. The molecule has 3 aromatic rings. The number of aromatic nitrogens is 3. The fraction of sp³-hybridized carbons (Fsp3) is 0.273. The van der Waals surface area contributed by atoms with Crippen molar-refractivity contribution in [1.82, 2.24) is 13.9 Å². The van der Waals surface area contributed by atoms with Gasteiger partial charge in [0.15, 0.2) is 0 Å². The van der Waals surface area contributed by atoms with Crippen molar-refractivity contribution >= 4 is 38.5 Å². The number of nitrogens with zero attached hydrogens (tertiary/aromatic N) is 4. The van der Waals surface area contributed by atoms with Crippen molar-refractivity contribution in [3.05, 3.63) is 58.4 Å². The highest BCUT2D eigenvalue weighted by molar-refractivity contribution is 7.90. The van der Waals surface area contributed by atoms with Crippen LogP contribution in [0, 0.1) is 25.2 Å². The molecule has 0 aliphatic carbocycles. The molecule has 32 heavy (non-hydrogen) atoms. The molecule has 2 aromatic heterocycles. The average molecular weight is 470 g/mol. The maximum atomic E-state index is 12.6. The van der Waals surface area contributed by atoms with Gasteiger partial charge in [-0.1, -0.05) is 26.0 Å². The molecule has 0 bridgehead atoms. The summed E-state index contributed by atoms with van der Waals surface area (Å²) in [7, 11) is -3.58. The Hall–Kier alpha value is -3.29. The molecule has 0 atom stereocenters. The second-order valence-corrected chi connectivity index (χ2v) is 10.3. The minimum absolute atomic E-state index is 0.00675. The van der Waals surface area contributed by atoms with Gasteiger partial charge in [-0.2, -0.15) is 14.6 Å². The van der Waals surface area contributed by atoms with Gasteiger partial charge in [0.25, 0.3) is 11.1 Å². The van der Waals surface area contributed by atoms with E-state index in [1.54, 1.807) is 0 Å². The molecule has 1 N–H and O–H groups in total. The second-order valence-electron chi connectivity index (χ2n) is 7.69. The average Bonchev–Trinajstić information content (AvgIpc) is 3.30. The lowest BCUT2D eigenvalue weighted by Gasteiger charge is -2.12. The zero-order valence-corrected chi connectivity index (χ0v) is 20.0. The van der Waals surface area contributed by atoms with Crippen LogP contribution in [-0.2, 0) is 14.6 Å². The number of aryl methyl sites for hydroxylation is 1. The molecule has 0 unspecified atom stereocenters. The molecule has 0 saturated heterocycles. The molecule has 0 aliphatic rings. The van der Waals surface area contributed by atoms with Gasteiger partial charge >= 0.3 is 0 Å². The van der Waals surface area contributed by atoms with E-state index in [-0.39, 0.29) is 15.9 Å². The molecule has 0 saturated carbocycles. The minimum Gasteiger partial charge on any atom is -0.318 e. The minimum atomic E-state index is -3.58. The molecule has 166 valence electrons. The third-order valence-electron chi connectivity index (χ3n) is 4.91. The summed E-state index contributed by atoms with van der Waals surface area (Å²) in [6.07, 6.45) is 2.49. The molecule has 10 heteroatoms. The smallest absolute Gasteiger partial charge is 0.268 e. The Bertz CT molecular complexity index is 1340. The lowest BCUT2D eigenvalue weighted by Crippen LogP contribution is -2.13. The van der Waals surface area contributed by atoms with Crippen LogP contribution in [0.3, 0.4) is 0 Å². The van der Waals surface area contributed by atoms with Gasteiger partial charge < -0.3 is 4.57 Å². The molecule has 0 spiro atoms. The SMILES string of the molecule is Cc1cc(/C=C(/C#N)C(=O)Nc2nc(S(C)(=O)=O)ns2)c(C)n1-c1ccc(C(C)C)cc1. The summed E-state index contributed by atoms with van der Waals surface area (Å²) in [5, 5.41) is 11.6. The summed E-state index contributed by atoms with van der Waals surface area (Å²) in [5.41, 5.74) is 4.69. The lowest BCUT2D eigenvalue weighted by atomic mass is 10.0. The number of benzene rings is 1. The number of hydrogen-bond acceptors (Lipinski definition) is 7. The number of hydrogen-bond donors (Lipinski definition) is 1. The van der Waals surface area contributed by atoms with Crippen LogP contribution in [0.25, 0.3) is 11.8 Å². The van der Waals surface area contributed by atoms with Gasteiger partial charge in [-0.25, -0.2) is 8.42 Å². The van der Waals surface area contributed by atoms with Crippen LogP contribution in [-0.4, -0.2) is 34.5 Å². The normalized spacial score (nSPS) is 12.1. The predicted molar refractivity (Wildman–Crippen MR) is 125 cm³/mol. The maximum absolute atomic E-state index is 12.6. The highest BCUT2D eigenvalue weighted by atomic mass is 32.2. The van der Waals surface area contributed by atoms with E-state index in [1.807, 2.05) is 26.0 Å². The largest absolute Gasteiger partial charge is 0.318 e. The molecule has 0 aliphatic heterocycles. The van der Waals surface area contributed by atoms with Gasteiger partial charge in [0.2, 0.25) is 15.0 Å². The number of anilines is 1. The summed E-state index contributed by atoms with van der Waals surface area (Å²) in [6.45, 7) is 8.16. The van der Waals surface area contributed by atoms with Crippen LogP contribution >= 0.6 is 11.5 Å². The number of carbonyl (C=O) groups is 1. The first-order valence-electron chi connectivity index (χ1n) is 9.77. The Kier molecular flexibility index (Phi) is 6.62. The van der Waals surface area contributed by atoms with Gasteiger partial charge in [0.1, 0.15) is 11.6 Å². The summed E-state index contributed by atoms with van der Waals surface area (Å²) in [4.78, 5) is 16.3. The van der Waals surface area contributed by atoms with Crippen LogP contribution in [0.2, 0.25) is 0 Å². The van der Waals surface area contributed by atoms with Crippen molar-refractivity contribution in [2.75, 3.05) is 11.6 Å². The molecule has 1 aromatic carbocycles. The van der Waals surface area contributed by atoms with E-state index < -0.39 is 15.7 Å². The number of nitriles is 1. The van der Waals surface area contributed by atoms with Crippen molar-refractivity contribution in [1.29, 1.82) is 5.26 Å². The number of rotatable bonds is 6. The van der Waals surface area contributed by atoms with Crippen molar-refractivity contribution in [3.8, 4) is 11.8 Å². The van der Waals surface area contributed by atoms with Crippen molar-refractivity contribution in [2.45, 2.75) is 38.8 Å². The summed E-state index contributed by atoms with van der Waals surface area (Å²) in [6, 6.07) is 12.1. The highest BCUT2D eigenvalue weighted by Gasteiger charge is 2.18. The Morgan fingerprint density at radius 1 is 1.25 bits per heavy atom. The molecule has 0 radical (unpaired) electrons. The van der Waals surface area contributed by atoms with Crippen LogP contribution in [0.1, 0.15) is 42.3 Å². The Labute approximate surface area is 191 Å². The van der Waals surface area contributed by atoms with Gasteiger partial charge in [-0.05, 0) is 55.2 Å². The standard InChI is InChI=1S/C22H23N5O3S2/c1-13(2)16-6-8-19(9-7-16)27-14(3)10-17(15(27)4)11-18(12-23)20(28)24-21-25-22(26-31-21)32(5,29)30/h6-11,13H,1-5H3,(H,24,25,26,28)/b18-11-. The number of sulfone groups is 1. The van der Waals surface area contributed by atoms with E-state index in [0.29, 0.717) is 5.92 Å². The van der Waals surface area contributed by atoms with E-state index >= 15 is 0 Å². The maximum Gasteiger partial charge on any atom is 0.268 e. The zero-order valence-electron chi connectivity index (χ0n) is 18.4. The van der Waals surface area contributed by atoms with Gasteiger partial charge in [-0.3, -0.25) is 10.1 Å². The molecule has 0 fully saturated rings. The van der Waals surface area contributed by atoms with Crippen molar-refractivity contribution in [3.63, 3.8) is 0 Å². The molecule has 1 amide bonds. The molecule has 2 heterocycles. The first kappa shape index (κ1) is 23.4. The lowest BCUT2D eigenvalue weighted by molar-refractivity contribution is -0.112. The molecule has 8 nitrogen and oxygen atoms in total. The second kappa shape index (κ2) is 9.06. The third kappa shape index (κ3) is 4.95. The predicted octanol–water partition coefficient (Wildman–Crippen LogP) is 4.02. The van der Waals surface area contributed by atoms with Crippen LogP contribution in [0.15, 0.2) is 41.1 Å². The van der Waals surface area contributed by atoms with E-state index in [9.17, 15) is 18.5 Å². The van der Waals surface area contributed by atoms with Gasteiger partial charge in [0, 0.05) is 34.9 Å². The number of nitrogens with one attached hydrogen (secondary N) is 1. The topological polar surface area (TPSA) is 118 Å². The summed E-state index contributed by atoms with van der Waals surface area (Å²) >= 11 is 0.736. The Balaban J connectivity index is 1.89. The fourth-order valence-electron chi connectivity index (χ4n) is 3.22. The van der Waals surface area contributed by atoms with Crippen molar-refractivity contribution < 1.29 is 13.2 Å². The first-order valence-corrected chi connectivity index (χ1v) is 12.4. The van der Waals surface area contributed by atoms with E-state index in [0.717, 1.165) is 40.4 Å². The quantitative estimate of drug-likeness (QED) is 0.430. The molecule has 3 rings (SSSR count). The van der Waals surface area contributed by atoms with Crippen LogP contribution in [0.5, 0.6) is 0 Å². The van der Waals surface area contributed by atoms with E-state index in [2.05, 4.69) is 57.4 Å². The molecular formula is C22H23N5O3S2. The fourth-order valence-corrected chi connectivity index (χ4v) is 4.66. The van der Waals surface area contributed by atoms with Gasteiger partial charge in [-0.15, -0.1) is 0 Å². The van der Waals surface area contributed by atoms with Crippen LogP contribution < -0.4 is 5.32 Å². The third-order valence-corrected chi connectivity index (χ3v) is 6.50. The monoisotopic (exact) mass is 469 g/mol. The molecular weight excluding hydrogens is 446 g/mol. The summed E-state index contributed by atoms with van der Waals surface area (Å²) < 4.78 is 28.8. The number of carbonyl (C=O) groups excluding carboxylic acids is 1. The Morgan fingerprint density at radius 2 is 1.91 bits per heavy atom.